The van der Waals surface area contributed by atoms with E-state index in [2.05, 4.69) is 26.3 Å². The Bertz CT molecular complexity index is 361. The third-order valence-electron chi connectivity index (χ3n) is 3.73. The minimum absolute atomic E-state index is 0.0938. The van der Waals surface area contributed by atoms with Crippen LogP contribution in [0.2, 0.25) is 0 Å². The Labute approximate surface area is 124 Å². The molecule has 0 nitrogen and oxygen atoms in total. The van der Waals surface area contributed by atoms with Gasteiger partial charge < -0.3 is 0 Å². The Balaban J connectivity index is 4.85. The lowest BCUT2D eigenvalue weighted by Gasteiger charge is -2.39. The van der Waals surface area contributed by atoms with Gasteiger partial charge in [0.2, 0.25) is 0 Å². The van der Waals surface area contributed by atoms with Crippen molar-refractivity contribution >= 4 is 7.92 Å². The number of allylic oxidation sites excluding steroid dienone is 4. The third-order valence-corrected chi connectivity index (χ3v) is 6.18. The zero-order chi connectivity index (χ0) is 16.0. The lowest BCUT2D eigenvalue weighted by molar-refractivity contribution is -0.0300. The molecule has 0 N–H and O–H groups in total. The molecule has 1 atom stereocenters. The van der Waals surface area contributed by atoms with E-state index in [1.165, 1.54) is 0 Å². The van der Waals surface area contributed by atoms with Crippen molar-refractivity contribution in [2.24, 2.45) is 11.3 Å². The van der Waals surface area contributed by atoms with Gasteiger partial charge in [-0.15, -0.1) is 13.2 Å². The molecule has 0 heterocycles. The summed E-state index contributed by atoms with van der Waals surface area (Å²) in [4.78, 5) is 0. The van der Waals surface area contributed by atoms with Crippen LogP contribution in [0, 0.1) is 11.3 Å². The molecule has 1 unspecified atom stereocenters. The average molecular weight is 300 g/mol. The van der Waals surface area contributed by atoms with Crippen LogP contribution in [0.1, 0.15) is 26.7 Å². The zero-order valence-corrected chi connectivity index (χ0v) is 13.9. The Morgan fingerprint density at radius 1 is 1.20 bits per heavy atom. The van der Waals surface area contributed by atoms with E-state index >= 15 is 0 Å². The van der Waals surface area contributed by atoms with Gasteiger partial charge >= 0.3 is 0 Å². The van der Waals surface area contributed by atoms with Crippen LogP contribution in [-0.4, -0.2) is 18.5 Å². The van der Waals surface area contributed by atoms with Crippen molar-refractivity contribution in [1.29, 1.82) is 0 Å². The van der Waals surface area contributed by atoms with Crippen LogP contribution >= 0.6 is 7.92 Å². The molecule has 0 aliphatic rings. The molecular weight excluding hydrogens is 273 g/mol. The maximum Gasteiger partial charge on any atom is 0.269 e. The van der Waals surface area contributed by atoms with Crippen LogP contribution in [0.25, 0.3) is 0 Å². The molecule has 20 heavy (non-hydrogen) atoms. The molecule has 3 heteroatoms. The number of hydrogen-bond donors (Lipinski definition) is 0. The topological polar surface area (TPSA) is 0 Å². The smallest absolute Gasteiger partial charge is 0.201 e. The highest BCUT2D eigenvalue weighted by atomic mass is 31.1. The highest BCUT2D eigenvalue weighted by Crippen LogP contribution is 2.60. The van der Waals surface area contributed by atoms with Gasteiger partial charge in [0.15, 0.2) is 0 Å². The molecule has 0 rings (SSSR count). The molecule has 0 saturated carbocycles. The highest BCUT2D eigenvalue weighted by Gasteiger charge is 2.49. The van der Waals surface area contributed by atoms with Gasteiger partial charge in [0, 0.05) is 5.41 Å². The van der Waals surface area contributed by atoms with Gasteiger partial charge in [-0.1, -0.05) is 50.8 Å². The molecule has 114 valence electrons. The predicted molar refractivity (Wildman–Crippen MR) is 88.9 cm³/mol. The molecule has 0 radical (unpaired) electrons. The number of hydrogen-bond acceptors (Lipinski definition) is 0. The van der Waals surface area contributed by atoms with Crippen molar-refractivity contribution in [3.8, 4) is 0 Å². The molecule has 0 saturated heterocycles. The second-order valence-electron chi connectivity index (χ2n) is 5.82. The number of halogens is 2. The summed E-state index contributed by atoms with van der Waals surface area (Å²) in [6.45, 7) is 19.7. The minimum atomic E-state index is -2.69. The van der Waals surface area contributed by atoms with E-state index in [9.17, 15) is 8.78 Å². The standard InChI is InChI=1S/C17H27F2P/c1-8-14(4)13-20(7)17(18,19)16(5,6)12-11-15(9-2)10-3/h8-10,15H,1-4,11-13H2,5-7H3. The molecule has 0 amide bonds. The summed E-state index contributed by atoms with van der Waals surface area (Å²) < 4.78 is 29.3. The quantitative estimate of drug-likeness (QED) is 0.255. The molecule has 0 bridgehead atoms. The van der Waals surface area contributed by atoms with Gasteiger partial charge in [-0.05, 0) is 39.5 Å². The SMILES string of the molecule is C=CC(=C)CP(C)C(F)(F)C(C)(C)CCC(C=C)C=C. The van der Waals surface area contributed by atoms with Crippen LogP contribution < -0.4 is 0 Å². The Morgan fingerprint density at radius 2 is 1.70 bits per heavy atom. The van der Waals surface area contributed by atoms with Crippen LogP contribution in [-0.2, 0) is 0 Å². The van der Waals surface area contributed by atoms with Crippen LogP contribution in [0.5, 0.6) is 0 Å². The molecule has 0 aromatic carbocycles. The van der Waals surface area contributed by atoms with E-state index in [1.807, 2.05) is 0 Å². The highest BCUT2D eigenvalue weighted by molar-refractivity contribution is 7.58. The lowest BCUT2D eigenvalue weighted by atomic mass is 9.84. The molecule has 0 aromatic rings. The minimum Gasteiger partial charge on any atom is -0.201 e. The summed E-state index contributed by atoms with van der Waals surface area (Å²) >= 11 is 0. The van der Waals surface area contributed by atoms with Gasteiger partial charge in [-0.3, -0.25) is 0 Å². The first-order valence-corrected chi connectivity index (χ1v) is 8.74. The summed E-state index contributed by atoms with van der Waals surface area (Å²) in [5.74, 6) is 0.0938. The van der Waals surface area contributed by atoms with Gasteiger partial charge in [0.1, 0.15) is 0 Å². The first kappa shape index (κ1) is 19.2. The molecular formula is C17H27F2P. The molecule has 0 aromatic heterocycles. The normalized spacial score (nSPS) is 13.9. The number of alkyl halides is 2. The fourth-order valence-corrected chi connectivity index (χ4v) is 4.08. The summed E-state index contributed by atoms with van der Waals surface area (Å²) in [7, 11) is -1.45. The average Bonchev–Trinajstić information content (AvgIpc) is 2.39. The predicted octanol–water partition coefficient (Wildman–Crippen LogP) is 6.23. The molecule has 0 fully saturated rings. The molecule has 0 aliphatic heterocycles. The maximum absolute atomic E-state index is 14.7. The summed E-state index contributed by atoms with van der Waals surface area (Å²) in [6, 6.07) is 0. The zero-order valence-electron chi connectivity index (χ0n) is 13.0. The first-order chi connectivity index (χ1) is 9.12. The number of rotatable bonds is 10. The van der Waals surface area contributed by atoms with E-state index in [1.54, 1.807) is 38.7 Å². The van der Waals surface area contributed by atoms with Crippen molar-refractivity contribution < 1.29 is 8.78 Å². The van der Waals surface area contributed by atoms with Crippen LogP contribution in [0.3, 0.4) is 0 Å². The monoisotopic (exact) mass is 300 g/mol. The largest absolute Gasteiger partial charge is 0.269 e. The fourth-order valence-electron chi connectivity index (χ4n) is 1.99. The van der Waals surface area contributed by atoms with Crippen molar-refractivity contribution in [2.45, 2.75) is 32.4 Å². The van der Waals surface area contributed by atoms with Crippen molar-refractivity contribution in [3.63, 3.8) is 0 Å². The summed E-state index contributed by atoms with van der Waals surface area (Å²) in [5.41, 5.74) is -3.05. The lowest BCUT2D eigenvalue weighted by Crippen LogP contribution is -2.35. The van der Waals surface area contributed by atoms with E-state index in [-0.39, 0.29) is 5.92 Å². The van der Waals surface area contributed by atoms with Gasteiger partial charge in [-0.25, -0.2) is 8.78 Å². The van der Waals surface area contributed by atoms with E-state index < -0.39 is 19.0 Å². The fraction of sp³-hybridized carbons (Fsp3) is 0.529. The van der Waals surface area contributed by atoms with Gasteiger partial charge in [0.05, 0.1) is 0 Å². The third kappa shape index (κ3) is 4.98. The Kier molecular flexibility index (Phi) is 7.59. The second-order valence-corrected chi connectivity index (χ2v) is 8.09. The summed E-state index contributed by atoms with van der Waals surface area (Å²) in [6.07, 6.45) is 6.51. The van der Waals surface area contributed by atoms with E-state index in [0.29, 0.717) is 24.6 Å². The van der Waals surface area contributed by atoms with Crippen molar-refractivity contribution in [2.75, 3.05) is 12.8 Å². The summed E-state index contributed by atoms with van der Waals surface area (Å²) in [5, 5.41) is 0. The Hall–Kier alpha value is -0.750. The van der Waals surface area contributed by atoms with Crippen LogP contribution in [0.4, 0.5) is 8.78 Å². The second kappa shape index (κ2) is 7.88. The van der Waals surface area contributed by atoms with Crippen molar-refractivity contribution in [1.82, 2.24) is 0 Å². The van der Waals surface area contributed by atoms with E-state index in [4.69, 9.17) is 0 Å². The maximum atomic E-state index is 14.7. The van der Waals surface area contributed by atoms with Crippen LogP contribution in [0.15, 0.2) is 50.1 Å². The van der Waals surface area contributed by atoms with Gasteiger partial charge in [0.25, 0.3) is 5.66 Å². The molecule has 0 spiro atoms. The van der Waals surface area contributed by atoms with Gasteiger partial charge in [-0.2, -0.15) is 0 Å². The first-order valence-electron chi connectivity index (χ1n) is 6.76. The van der Waals surface area contributed by atoms with E-state index in [0.717, 1.165) is 0 Å². The van der Waals surface area contributed by atoms with Crippen molar-refractivity contribution in [3.05, 3.63) is 50.1 Å². The molecule has 0 aliphatic carbocycles. The Morgan fingerprint density at radius 3 is 2.10 bits per heavy atom.